The molecule has 1 amide bonds. The van der Waals surface area contributed by atoms with E-state index in [1.807, 2.05) is 37.3 Å². The van der Waals surface area contributed by atoms with Crippen molar-refractivity contribution in [2.45, 2.75) is 25.8 Å². The van der Waals surface area contributed by atoms with Gasteiger partial charge in [0.1, 0.15) is 11.4 Å². The van der Waals surface area contributed by atoms with Gasteiger partial charge in [-0.1, -0.05) is 12.1 Å². The third-order valence-corrected chi connectivity index (χ3v) is 3.37. The van der Waals surface area contributed by atoms with Crippen molar-refractivity contribution in [1.29, 1.82) is 0 Å². The van der Waals surface area contributed by atoms with E-state index in [9.17, 15) is 4.79 Å². The second-order valence-electron chi connectivity index (χ2n) is 5.23. The van der Waals surface area contributed by atoms with Gasteiger partial charge in [-0.25, -0.2) is 0 Å². The topological polar surface area (TPSA) is 63.2 Å². The highest BCUT2D eigenvalue weighted by atomic mass is 16.5. The van der Waals surface area contributed by atoms with E-state index in [1.54, 1.807) is 12.3 Å². The van der Waals surface area contributed by atoms with Crippen molar-refractivity contribution < 1.29 is 9.53 Å². The summed E-state index contributed by atoms with van der Waals surface area (Å²) in [7, 11) is 0. The van der Waals surface area contributed by atoms with Crippen molar-refractivity contribution in [3.63, 3.8) is 0 Å². The van der Waals surface area contributed by atoms with Crippen LogP contribution in [0.1, 0.15) is 30.3 Å². The van der Waals surface area contributed by atoms with Crippen molar-refractivity contribution in [2.24, 2.45) is 0 Å². The smallest absolute Gasteiger partial charge is 0.270 e. The average molecular weight is 297 g/mol. The summed E-state index contributed by atoms with van der Waals surface area (Å²) in [5, 5.41) is 6.22. The maximum Gasteiger partial charge on any atom is 0.270 e. The Kier molecular flexibility index (Phi) is 4.23. The highest BCUT2D eigenvalue weighted by Gasteiger charge is 2.24. The van der Waals surface area contributed by atoms with Crippen LogP contribution >= 0.6 is 0 Å². The highest BCUT2D eigenvalue weighted by Crippen LogP contribution is 2.27. The zero-order valence-electron chi connectivity index (χ0n) is 12.5. The van der Waals surface area contributed by atoms with Gasteiger partial charge in [0.15, 0.2) is 0 Å². The van der Waals surface area contributed by atoms with Crippen LogP contribution in [0.15, 0.2) is 42.6 Å². The molecule has 3 rings (SSSR count). The summed E-state index contributed by atoms with van der Waals surface area (Å²) in [5.74, 6) is 0.662. The van der Waals surface area contributed by atoms with Crippen LogP contribution in [0.2, 0.25) is 0 Å². The first kappa shape index (κ1) is 14.4. The minimum atomic E-state index is -0.121. The van der Waals surface area contributed by atoms with E-state index in [1.165, 1.54) is 0 Å². The Morgan fingerprint density at radius 1 is 1.32 bits per heavy atom. The molecule has 1 fully saturated rings. The van der Waals surface area contributed by atoms with E-state index in [2.05, 4.69) is 15.6 Å². The zero-order valence-corrected chi connectivity index (χ0v) is 12.5. The quantitative estimate of drug-likeness (QED) is 0.860. The maximum absolute atomic E-state index is 12.0. The molecule has 0 atom stereocenters. The number of anilines is 2. The zero-order chi connectivity index (χ0) is 15.4. The van der Waals surface area contributed by atoms with Gasteiger partial charge in [-0.15, -0.1) is 0 Å². The van der Waals surface area contributed by atoms with Gasteiger partial charge >= 0.3 is 0 Å². The molecule has 1 aromatic carbocycles. The first-order valence-electron chi connectivity index (χ1n) is 7.52. The number of benzene rings is 1. The van der Waals surface area contributed by atoms with E-state index in [0.717, 1.165) is 30.0 Å². The SMILES string of the molecule is CCOc1ccccc1Nc1ccnc(C(=O)NC2CC2)c1. The molecule has 1 aliphatic rings. The summed E-state index contributed by atoms with van der Waals surface area (Å²) in [6.45, 7) is 2.55. The van der Waals surface area contributed by atoms with Crippen LogP contribution in [0.3, 0.4) is 0 Å². The normalized spacial score (nSPS) is 13.5. The molecule has 0 aliphatic heterocycles. The Hall–Kier alpha value is -2.56. The third-order valence-electron chi connectivity index (χ3n) is 3.37. The lowest BCUT2D eigenvalue weighted by molar-refractivity contribution is 0.0946. The molecule has 1 aromatic heterocycles. The molecule has 0 saturated heterocycles. The van der Waals surface area contributed by atoms with Crippen LogP contribution in [0.25, 0.3) is 0 Å². The van der Waals surface area contributed by atoms with Crippen LogP contribution in [-0.4, -0.2) is 23.5 Å². The third kappa shape index (κ3) is 3.55. The van der Waals surface area contributed by atoms with Crippen molar-refractivity contribution >= 4 is 17.3 Å². The van der Waals surface area contributed by atoms with Gasteiger partial charge in [-0.05, 0) is 44.0 Å². The minimum absolute atomic E-state index is 0.121. The van der Waals surface area contributed by atoms with Gasteiger partial charge in [0, 0.05) is 17.9 Å². The Balaban J connectivity index is 1.76. The fourth-order valence-electron chi connectivity index (χ4n) is 2.13. The van der Waals surface area contributed by atoms with E-state index in [4.69, 9.17) is 4.74 Å². The molecule has 1 saturated carbocycles. The van der Waals surface area contributed by atoms with E-state index < -0.39 is 0 Å². The number of amides is 1. The molecule has 0 bridgehead atoms. The predicted molar refractivity (Wildman–Crippen MR) is 85.6 cm³/mol. The van der Waals surface area contributed by atoms with Crippen LogP contribution in [0, 0.1) is 0 Å². The van der Waals surface area contributed by atoms with E-state index in [0.29, 0.717) is 18.3 Å². The van der Waals surface area contributed by atoms with Crippen molar-refractivity contribution in [2.75, 3.05) is 11.9 Å². The predicted octanol–water partition coefficient (Wildman–Crippen LogP) is 3.12. The first-order chi connectivity index (χ1) is 10.8. The molecular weight excluding hydrogens is 278 g/mol. The van der Waals surface area contributed by atoms with Gasteiger partial charge in [0.05, 0.1) is 12.3 Å². The molecule has 0 spiro atoms. The van der Waals surface area contributed by atoms with Crippen molar-refractivity contribution in [3.8, 4) is 5.75 Å². The molecule has 1 heterocycles. The number of para-hydroxylation sites is 2. The van der Waals surface area contributed by atoms with Gasteiger partial charge in [-0.3, -0.25) is 9.78 Å². The molecular formula is C17H19N3O2. The lowest BCUT2D eigenvalue weighted by Gasteiger charge is -2.12. The van der Waals surface area contributed by atoms with Gasteiger partial charge in [0.2, 0.25) is 0 Å². The van der Waals surface area contributed by atoms with Crippen LogP contribution in [-0.2, 0) is 0 Å². The minimum Gasteiger partial charge on any atom is -0.492 e. The summed E-state index contributed by atoms with van der Waals surface area (Å²) in [6, 6.07) is 11.6. The molecule has 5 nitrogen and oxygen atoms in total. The average Bonchev–Trinajstić information content (AvgIpc) is 3.34. The number of nitrogens with one attached hydrogen (secondary N) is 2. The summed E-state index contributed by atoms with van der Waals surface area (Å²) in [4.78, 5) is 16.2. The number of carbonyl (C=O) groups is 1. The molecule has 2 aromatic rings. The standard InChI is InChI=1S/C17H19N3O2/c1-2-22-16-6-4-3-5-14(16)19-13-9-10-18-15(11-13)17(21)20-12-7-8-12/h3-6,9-12H,2,7-8H2,1H3,(H,18,19)(H,20,21). The van der Waals surface area contributed by atoms with Crippen molar-refractivity contribution in [1.82, 2.24) is 10.3 Å². The molecule has 5 heteroatoms. The summed E-state index contributed by atoms with van der Waals surface area (Å²) >= 11 is 0. The van der Waals surface area contributed by atoms with Crippen molar-refractivity contribution in [3.05, 3.63) is 48.3 Å². The summed E-state index contributed by atoms with van der Waals surface area (Å²) in [5.41, 5.74) is 2.10. The van der Waals surface area contributed by atoms with Gasteiger partial charge in [-0.2, -0.15) is 0 Å². The first-order valence-corrected chi connectivity index (χ1v) is 7.52. The maximum atomic E-state index is 12.0. The van der Waals surface area contributed by atoms with Crippen LogP contribution in [0.5, 0.6) is 5.75 Å². The molecule has 2 N–H and O–H groups in total. The van der Waals surface area contributed by atoms with Crippen LogP contribution < -0.4 is 15.4 Å². The molecule has 114 valence electrons. The van der Waals surface area contributed by atoms with Gasteiger partial charge < -0.3 is 15.4 Å². The Morgan fingerprint density at radius 2 is 2.14 bits per heavy atom. The Morgan fingerprint density at radius 3 is 2.91 bits per heavy atom. The molecule has 0 radical (unpaired) electrons. The largest absolute Gasteiger partial charge is 0.492 e. The fourth-order valence-corrected chi connectivity index (χ4v) is 2.13. The number of hydrogen-bond acceptors (Lipinski definition) is 4. The van der Waals surface area contributed by atoms with E-state index >= 15 is 0 Å². The Bertz CT molecular complexity index is 668. The lowest BCUT2D eigenvalue weighted by Crippen LogP contribution is -2.26. The number of rotatable bonds is 6. The lowest BCUT2D eigenvalue weighted by atomic mass is 10.2. The fraction of sp³-hybridized carbons (Fsp3) is 0.294. The number of carbonyl (C=O) groups excluding carboxylic acids is 1. The number of nitrogens with zero attached hydrogens (tertiary/aromatic N) is 1. The Labute approximate surface area is 129 Å². The van der Waals surface area contributed by atoms with Gasteiger partial charge in [0.25, 0.3) is 5.91 Å². The molecule has 1 aliphatic carbocycles. The second kappa shape index (κ2) is 6.47. The summed E-state index contributed by atoms with van der Waals surface area (Å²) in [6.07, 6.45) is 3.75. The second-order valence-corrected chi connectivity index (χ2v) is 5.23. The number of aromatic nitrogens is 1. The monoisotopic (exact) mass is 297 g/mol. The van der Waals surface area contributed by atoms with E-state index in [-0.39, 0.29) is 5.91 Å². The molecule has 0 unspecified atom stereocenters. The number of hydrogen-bond donors (Lipinski definition) is 2. The number of pyridine rings is 1. The molecule has 22 heavy (non-hydrogen) atoms. The van der Waals surface area contributed by atoms with Crippen LogP contribution in [0.4, 0.5) is 11.4 Å². The number of ether oxygens (including phenoxy) is 1. The highest BCUT2D eigenvalue weighted by molar-refractivity contribution is 5.93. The summed E-state index contributed by atoms with van der Waals surface area (Å²) < 4.78 is 5.59.